The van der Waals surface area contributed by atoms with Crippen LogP contribution in [0.15, 0.2) is 4.99 Å². The van der Waals surface area contributed by atoms with E-state index in [2.05, 4.69) is 4.99 Å². The van der Waals surface area contributed by atoms with Gasteiger partial charge in [-0.1, -0.05) is 0 Å². The summed E-state index contributed by atoms with van der Waals surface area (Å²) in [7, 11) is 1.50. The van der Waals surface area contributed by atoms with Gasteiger partial charge >= 0.3 is 0 Å². The van der Waals surface area contributed by atoms with E-state index in [0.29, 0.717) is 0 Å². The third kappa shape index (κ3) is 4.42. The standard InChI is InChI=1S/C7H11NO3/c1-7(2,11-3)4-6(10)8-5-9/h4H2,1-3H3. The highest BCUT2D eigenvalue weighted by Gasteiger charge is 2.20. The lowest BCUT2D eigenvalue weighted by Crippen LogP contribution is -2.25. The van der Waals surface area contributed by atoms with Crippen LogP contribution in [0.5, 0.6) is 0 Å². The molecule has 1 amide bonds. The van der Waals surface area contributed by atoms with Gasteiger partial charge < -0.3 is 4.74 Å². The Morgan fingerprint density at radius 3 is 2.55 bits per heavy atom. The maximum atomic E-state index is 10.7. The molecule has 0 spiro atoms. The van der Waals surface area contributed by atoms with Crippen molar-refractivity contribution in [2.45, 2.75) is 25.9 Å². The van der Waals surface area contributed by atoms with E-state index < -0.39 is 11.5 Å². The number of hydrogen-bond acceptors (Lipinski definition) is 3. The smallest absolute Gasteiger partial charge is 0.259 e. The largest absolute Gasteiger partial charge is 0.378 e. The SMILES string of the molecule is COC(C)(C)CC(=O)N=C=O. The van der Waals surface area contributed by atoms with Gasteiger partial charge in [0.05, 0.1) is 12.0 Å². The van der Waals surface area contributed by atoms with Gasteiger partial charge in [-0.3, -0.25) is 4.79 Å². The Labute approximate surface area is 65.3 Å². The van der Waals surface area contributed by atoms with Gasteiger partial charge in [-0.2, -0.15) is 0 Å². The van der Waals surface area contributed by atoms with Crippen molar-refractivity contribution in [1.29, 1.82) is 0 Å². The Morgan fingerprint density at radius 2 is 2.18 bits per heavy atom. The molecular weight excluding hydrogens is 146 g/mol. The van der Waals surface area contributed by atoms with Gasteiger partial charge in [0.15, 0.2) is 0 Å². The van der Waals surface area contributed by atoms with Crippen molar-refractivity contribution in [2.75, 3.05) is 7.11 Å². The Balaban J connectivity index is 4.03. The molecule has 0 heterocycles. The summed E-state index contributed by atoms with van der Waals surface area (Å²) in [6.45, 7) is 3.48. The number of isocyanates is 1. The Hall–Kier alpha value is -0.990. The molecule has 0 aromatic heterocycles. The zero-order chi connectivity index (χ0) is 8.91. The number of carbonyl (C=O) groups excluding carboxylic acids is 2. The van der Waals surface area contributed by atoms with Gasteiger partial charge in [-0.05, 0) is 13.8 Å². The van der Waals surface area contributed by atoms with E-state index in [1.807, 2.05) is 0 Å². The van der Waals surface area contributed by atoms with Crippen molar-refractivity contribution in [3.05, 3.63) is 0 Å². The molecule has 4 nitrogen and oxygen atoms in total. The number of methoxy groups -OCH3 is 1. The van der Waals surface area contributed by atoms with Crippen molar-refractivity contribution in [3.63, 3.8) is 0 Å². The highest BCUT2D eigenvalue weighted by atomic mass is 16.5. The molecule has 0 saturated heterocycles. The normalized spacial score (nSPS) is 10.5. The number of nitrogens with zero attached hydrogens (tertiary/aromatic N) is 1. The quantitative estimate of drug-likeness (QED) is 0.446. The second-order valence-electron chi connectivity index (χ2n) is 2.74. The summed E-state index contributed by atoms with van der Waals surface area (Å²) in [5, 5.41) is 0. The van der Waals surface area contributed by atoms with E-state index in [4.69, 9.17) is 4.74 Å². The summed E-state index contributed by atoms with van der Waals surface area (Å²) in [5.41, 5.74) is -0.558. The molecular formula is C7H11NO3. The molecule has 0 N–H and O–H groups in total. The summed E-state index contributed by atoms with van der Waals surface area (Å²) in [5.74, 6) is -0.508. The first kappa shape index (κ1) is 10.0. The Kier molecular flexibility index (Phi) is 3.65. The van der Waals surface area contributed by atoms with Crippen LogP contribution < -0.4 is 0 Å². The fourth-order valence-electron chi connectivity index (χ4n) is 0.527. The minimum Gasteiger partial charge on any atom is -0.378 e. The third-order valence-electron chi connectivity index (χ3n) is 1.30. The first-order valence-electron chi connectivity index (χ1n) is 3.17. The summed E-state index contributed by atoms with van der Waals surface area (Å²) in [6.07, 6.45) is 1.28. The van der Waals surface area contributed by atoms with Crippen LogP contribution in [-0.2, 0) is 14.3 Å². The molecule has 0 aliphatic carbocycles. The van der Waals surface area contributed by atoms with E-state index in [1.165, 1.54) is 13.2 Å². The molecule has 0 aliphatic heterocycles. The first-order valence-corrected chi connectivity index (χ1v) is 3.17. The van der Waals surface area contributed by atoms with Crippen LogP contribution >= 0.6 is 0 Å². The van der Waals surface area contributed by atoms with Crippen molar-refractivity contribution in [1.82, 2.24) is 0 Å². The molecule has 0 unspecified atom stereocenters. The van der Waals surface area contributed by atoms with Gasteiger partial charge in [-0.15, -0.1) is 4.99 Å². The maximum Gasteiger partial charge on any atom is 0.259 e. The summed E-state index contributed by atoms with van der Waals surface area (Å²) >= 11 is 0. The van der Waals surface area contributed by atoms with E-state index >= 15 is 0 Å². The Morgan fingerprint density at radius 1 is 1.64 bits per heavy atom. The molecule has 11 heavy (non-hydrogen) atoms. The molecule has 0 saturated carbocycles. The first-order chi connectivity index (χ1) is 5.02. The van der Waals surface area contributed by atoms with Crippen LogP contribution in [0.1, 0.15) is 20.3 Å². The van der Waals surface area contributed by atoms with E-state index in [0.717, 1.165) is 0 Å². The minimum absolute atomic E-state index is 0.0960. The number of carbonyl (C=O) groups is 1. The number of ether oxygens (including phenoxy) is 1. The number of hydrogen-bond donors (Lipinski definition) is 0. The van der Waals surface area contributed by atoms with Crippen LogP contribution in [-0.4, -0.2) is 24.7 Å². The monoisotopic (exact) mass is 157 g/mol. The van der Waals surface area contributed by atoms with E-state index in [1.54, 1.807) is 13.8 Å². The lowest BCUT2D eigenvalue weighted by molar-refractivity contribution is -0.122. The highest BCUT2D eigenvalue weighted by molar-refractivity contribution is 5.82. The number of rotatable bonds is 3. The van der Waals surface area contributed by atoms with Crippen LogP contribution in [0, 0.1) is 0 Å². The summed E-state index contributed by atoms with van der Waals surface area (Å²) in [4.78, 5) is 23.3. The lowest BCUT2D eigenvalue weighted by atomic mass is 10.1. The van der Waals surface area contributed by atoms with E-state index in [-0.39, 0.29) is 6.42 Å². The molecule has 0 aromatic rings. The molecule has 0 atom stereocenters. The van der Waals surface area contributed by atoms with Gasteiger partial charge in [-0.25, -0.2) is 4.79 Å². The van der Waals surface area contributed by atoms with Crippen molar-refractivity contribution in [3.8, 4) is 0 Å². The molecule has 0 radical (unpaired) electrons. The third-order valence-corrected chi connectivity index (χ3v) is 1.30. The highest BCUT2D eigenvalue weighted by Crippen LogP contribution is 2.12. The van der Waals surface area contributed by atoms with Gasteiger partial charge in [0.2, 0.25) is 6.08 Å². The minimum atomic E-state index is -0.558. The predicted molar refractivity (Wildman–Crippen MR) is 38.8 cm³/mol. The topological polar surface area (TPSA) is 55.7 Å². The number of aliphatic imine (C=N–C) groups is 1. The van der Waals surface area contributed by atoms with Crippen LogP contribution in [0.25, 0.3) is 0 Å². The van der Waals surface area contributed by atoms with Crippen LogP contribution in [0.4, 0.5) is 0 Å². The Bertz CT molecular complexity index is 192. The summed E-state index contributed by atoms with van der Waals surface area (Å²) in [6, 6.07) is 0. The second-order valence-corrected chi connectivity index (χ2v) is 2.74. The molecule has 0 rings (SSSR count). The van der Waals surface area contributed by atoms with E-state index in [9.17, 15) is 9.59 Å². The fourth-order valence-corrected chi connectivity index (χ4v) is 0.527. The zero-order valence-electron chi connectivity index (χ0n) is 6.88. The second kappa shape index (κ2) is 4.01. The van der Waals surface area contributed by atoms with Gasteiger partial charge in [0.25, 0.3) is 5.91 Å². The maximum absolute atomic E-state index is 10.7. The van der Waals surface area contributed by atoms with Gasteiger partial charge in [0.1, 0.15) is 0 Å². The molecule has 4 heteroatoms. The van der Waals surface area contributed by atoms with Crippen LogP contribution in [0.2, 0.25) is 0 Å². The van der Waals surface area contributed by atoms with Crippen molar-refractivity contribution in [2.24, 2.45) is 4.99 Å². The average molecular weight is 157 g/mol. The van der Waals surface area contributed by atoms with Crippen molar-refractivity contribution < 1.29 is 14.3 Å². The fraction of sp³-hybridized carbons (Fsp3) is 0.714. The van der Waals surface area contributed by atoms with Gasteiger partial charge in [0, 0.05) is 7.11 Å². The van der Waals surface area contributed by atoms with Crippen molar-refractivity contribution >= 4 is 12.0 Å². The molecule has 0 bridgehead atoms. The van der Waals surface area contributed by atoms with Crippen LogP contribution in [0.3, 0.4) is 0 Å². The lowest BCUT2D eigenvalue weighted by Gasteiger charge is -2.19. The molecule has 0 fully saturated rings. The number of amides is 1. The predicted octanol–water partition coefficient (Wildman–Crippen LogP) is 0.664. The molecule has 0 aromatic carbocycles. The summed E-state index contributed by atoms with van der Waals surface area (Å²) < 4.78 is 4.94. The molecule has 0 aliphatic rings. The molecule has 62 valence electrons. The zero-order valence-corrected chi connectivity index (χ0v) is 6.88. The average Bonchev–Trinajstić information content (AvgIpc) is 1.87.